The molecule has 0 aromatic heterocycles. The summed E-state index contributed by atoms with van der Waals surface area (Å²) in [5, 5.41) is 14.7. The minimum atomic E-state index is -0.167. The third kappa shape index (κ3) is 3.63. The number of nitrogens with one attached hydrogen (secondary N) is 1. The van der Waals surface area contributed by atoms with Gasteiger partial charge in [0.15, 0.2) is 0 Å². The molecular formula is C5H9ClN2. The van der Waals surface area contributed by atoms with Crippen LogP contribution in [0.1, 0.15) is 13.3 Å². The molecular weight excluding hydrogens is 124 g/mol. The van der Waals surface area contributed by atoms with E-state index >= 15 is 0 Å². The predicted molar refractivity (Wildman–Crippen MR) is 35.4 cm³/mol. The lowest BCUT2D eigenvalue weighted by Crippen LogP contribution is -1.92. The van der Waals surface area contributed by atoms with E-state index in [1.807, 2.05) is 13.0 Å². The summed E-state index contributed by atoms with van der Waals surface area (Å²) in [5.41, 5.74) is 0. The van der Waals surface area contributed by atoms with E-state index in [0.29, 0.717) is 0 Å². The molecule has 0 bridgehead atoms. The first kappa shape index (κ1) is 10.4. The second-order valence-electron chi connectivity index (χ2n) is 1.31. The zero-order valence-electron chi connectivity index (χ0n) is 4.72. The van der Waals surface area contributed by atoms with Gasteiger partial charge in [0.2, 0.25) is 0 Å². The first-order chi connectivity index (χ1) is 3.35. The number of nitriles is 1. The fourth-order valence-electron chi connectivity index (χ4n) is 0.246. The van der Waals surface area contributed by atoms with Crippen LogP contribution in [0, 0.1) is 22.7 Å². The van der Waals surface area contributed by atoms with Crippen molar-refractivity contribution in [2.24, 2.45) is 5.92 Å². The molecule has 0 aromatic carbocycles. The maximum atomic E-state index is 8.12. The Morgan fingerprint density at radius 2 is 2.38 bits per heavy atom. The fraction of sp³-hybridized carbons (Fsp3) is 0.600. The van der Waals surface area contributed by atoms with Crippen molar-refractivity contribution < 1.29 is 0 Å². The summed E-state index contributed by atoms with van der Waals surface area (Å²) in [6.07, 6.45) is 1.92. The van der Waals surface area contributed by atoms with Crippen LogP contribution in [0.15, 0.2) is 0 Å². The molecule has 2 nitrogen and oxygen atoms in total. The van der Waals surface area contributed by atoms with Gasteiger partial charge in [0.25, 0.3) is 0 Å². The van der Waals surface area contributed by atoms with E-state index in [0.717, 1.165) is 6.42 Å². The SMILES string of the molecule is CC[C@@H](C#N)C=N.Cl. The van der Waals surface area contributed by atoms with Gasteiger partial charge in [0.05, 0.1) is 12.0 Å². The second kappa shape index (κ2) is 6.45. The van der Waals surface area contributed by atoms with Crippen molar-refractivity contribution in [2.75, 3.05) is 0 Å². The quantitative estimate of drug-likeness (QED) is 0.570. The fourth-order valence-corrected chi connectivity index (χ4v) is 0.246. The summed E-state index contributed by atoms with van der Waals surface area (Å²) in [5.74, 6) is -0.167. The van der Waals surface area contributed by atoms with Crippen molar-refractivity contribution in [3.63, 3.8) is 0 Å². The monoisotopic (exact) mass is 132 g/mol. The molecule has 0 aliphatic carbocycles. The summed E-state index contributed by atoms with van der Waals surface area (Å²) in [6, 6.07) is 1.96. The van der Waals surface area contributed by atoms with Crippen molar-refractivity contribution in [2.45, 2.75) is 13.3 Å². The number of halogens is 1. The molecule has 0 rings (SSSR count). The molecule has 1 atom stereocenters. The van der Waals surface area contributed by atoms with E-state index < -0.39 is 0 Å². The molecule has 0 aliphatic rings. The Balaban J connectivity index is 0. The molecule has 3 heteroatoms. The molecule has 0 unspecified atom stereocenters. The summed E-state index contributed by atoms with van der Waals surface area (Å²) in [7, 11) is 0. The van der Waals surface area contributed by atoms with E-state index in [2.05, 4.69) is 0 Å². The van der Waals surface area contributed by atoms with E-state index in [9.17, 15) is 0 Å². The largest absolute Gasteiger partial charge is 0.312 e. The number of rotatable bonds is 2. The summed E-state index contributed by atoms with van der Waals surface area (Å²) >= 11 is 0. The van der Waals surface area contributed by atoms with Gasteiger partial charge >= 0.3 is 0 Å². The smallest absolute Gasteiger partial charge is 0.0805 e. The van der Waals surface area contributed by atoms with E-state index in [1.54, 1.807) is 0 Å². The van der Waals surface area contributed by atoms with Crippen LogP contribution in [0.5, 0.6) is 0 Å². The first-order valence-electron chi connectivity index (χ1n) is 2.25. The molecule has 8 heavy (non-hydrogen) atoms. The molecule has 0 aromatic rings. The third-order valence-corrected chi connectivity index (χ3v) is 0.807. The van der Waals surface area contributed by atoms with Crippen LogP contribution in [-0.2, 0) is 0 Å². The number of nitrogens with zero attached hydrogens (tertiary/aromatic N) is 1. The molecule has 0 radical (unpaired) electrons. The normalized spacial score (nSPS) is 10.5. The van der Waals surface area contributed by atoms with Crippen LogP contribution in [0.4, 0.5) is 0 Å². The minimum Gasteiger partial charge on any atom is -0.312 e. The van der Waals surface area contributed by atoms with Crippen LogP contribution < -0.4 is 0 Å². The molecule has 0 amide bonds. The molecule has 0 saturated heterocycles. The molecule has 1 N–H and O–H groups in total. The van der Waals surface area contributed by atoms with Gasteiger partial charge in [-0.3, -0.25) is 0 Å². The summed E-state index contributed by atoms with van der Waals surface area (Å²) in [4.78, 5) is 0. The zero-order valence-corrected chi connectivity index (χ0v) is 5.53. The van der Waals surface area contributed by atoms with Crippen molar-refractivity contribution in [1.29, 1.82) is 10.7 Å². The van der Waals surface area contributed by atoms with Crippen LogP contribution >= 0.6 is 12.4 Å². The molecule has 46 valence electrons. The molecule has 0 fully saturated rings. The predicted octanol–water partition coefficient (Wildman–Crippen LogP) is 1.61. The maximum Gasteiger partial charge on any atom is 0.0805 e. The summed E-state index contributed by atoms with van der Waals surface area (Å²) in [6.45, 7) is 1.89. The Bertz CT molecular complexity index is 95.1. The van der Waals surface area contributed by atoms with E-state index in [-0.39, 0.29) is 18.3 Å². The second-order valence-corrected chi connectivity index (χ2v) is 1.31. The van der Waals surface area contributed by atoms with Crippen LogP contribution in [0.3, 0.4) is 0 Å². The van der Waals surface area contributed by atoms with Crippen molar-refractivity contribution in [3.05, 3.63) is 0 Å². The van der Waals surface area contributed by atoms with Gasteiger partial charge in [-0.2, -0.15) is 5.26 Å². The van der Waals surface area contributed by atoms with Gasteiger partial charge in [-0.25, -0.2) is 0 Å². The highest BCUT2D eigenvalue weighted by Gasteiger charge is 1.94. The zero-order chi connectivity index (χ0) is 5.70. The Hall–Kier alpha value is -0.550. The van der Waals surface area contributed by atoms with Crippen molar-refractivity contribution >= 4 is 18.6 Å². The lowest BCUT2D eigenvalue weighted by Gasteiger charge is -1.89. The van der Waals surface area contributed by atoms with Crippen LogP contribution in [0.2, 0.25) is 0 Å². The van der Waals surface area contributed by atoms with Gasteiger partial charge in [-0.15, -0.1) is 12.4 Å². The van der Waals surface area contributed by atoms with E-state index in [4.69, 9.17) is 10.7 Å². The maximum absolute atomic E-state index is 8.12. The lowest BCUT2D eigenvalue weighted by molar-refractivity contribution is 0.841. The number of hydrogen-bond acceptors (Lipinski definition) is 2. The highest BCUT2D eigenvalue weighted by molar-refractivity contribution is 5.85. The Morgan fingerprint density at radius 3 is 2.38 bits per heavy atom. The van der Waals surface area contributed by atoms with Gasteiger partial charge in [0.1, 0.15) is 0 Å². The van der Waals surface area contributed by atoms with Crippen molar-refractivity contribution in [3.8, 4) is 6.07 Å². The number of hydrogen-bond donors (Lipinski definition) is 1. The third-order valence-electron chi connectivity index (χ3n) is 0.807. The molecule has 0 aliphatic heterocycles. The van der Waals surface area contributed by atoms with Crippen molar-refractivity contribution in [1.82, 2.24) is 0 Å². The summed E-state index contributed by atoms with van der Waals surface area (Å²) < 4.78 is 0. The van der Waals surface area contributed by atoms with Gasteiger partial charge in [-0.05, 0) is 6.42 Å². The lowest BCUT2D eigenvalue weighted by atomic mass is 10.1. The highest BCUT2D eigenvalue weighted by Crippen LogP contribution is 1.92. The Morgan fingerprint density at radius 1 is 1.88 bits per heavy atom. The standard InChI is InChI=1S/C5H8N2.ClH/c1-2-5(3-6)4-7;/h3,5-6H,2H2,1H3;1H/t5-;/m1./s1. The van der Waals surface area contributed by atoms with Crippen LogP contribution in [-0.4, -0.2) is 6.21 Å². The van der Waals surface area contributed by atoms with Gasteiger partial charge in [-0.1, -0.05) is 6.92 Å². The Labute approximate surface area is 55.4 Å². The van der Waals surface area contributed by atoms with Gasteiger partial charge < -0.3 is 5.41 Å². The molecule has 0 spiro atoms. The first-order valence-corrected chi connectivity index (χ1v) is 2.25. The average molecular weight is 133 g/mol. The molecule has 0 saturated carbocycles. The topological polar surface area (TPSA) is 47.6 Å². The van der Waals surface area contributed by atoms with Crippen LogP contribution in [0.25, 0.3) is 0 Å². The van der Waals surface area contributed by atoms with Gasteiger partial charge in [0, 0.05) is 6.21 Å². The average Bonchev–Trinajstić information content (AvgIpc) is 1.72. The highest BCUT2D eigenvalue weighted by atomic mass is 35.5. The molecule has 0 heterocycles. The van der Waals surface area contributed by atoms with E-state index in [1.165, 1.54) is 6.21 Å². The Kier molecular flexibility index (Phi) is 8.41. The minimum absolute atomic E-state index is 0.